The van der Waals surface area contributed by atoms with Gasteiger partial charge in [-0.15, -0.1) is 23.7 Å². The molecule has 1 aromatic rings. The quantitative estimate of drug-likeness (QED) is 0.765. The predicted molar refractivity (Wildman–Crippen MR) is 97.5 cm³/mol. The molecule has 2 atom stereocenters. The molecule has 0 spiro atoms. The number of hydrogen-bond donors (Lipinski definition) is 2. The molecule has 1 aliphatic rings. The summed E-state index contributed by atoms with van der Waals surface area (Å²) < 4.78 is 0. The third-order valence-electron chi connectivity index (χ3n) is 4.48. The molecule has 1 aromatic heterocycles. The lowest BCUT2D eigenvalue weighted by molar-refractivity contribution is -0.122. The summed E-state index contributed by atoms with van der Waals surface area (Å²) in [5, 5.41) is 3.08. The van der Waals surface area contributed by atoms with Gasteiger partial charge in [0.25, 0.3) is 0 Å². The molecular weight excluding hydrogens is 332 g/mol. The number of thiophene rings is 1. The highest BCUT2D eigenvalue weighted by Gasteiger charge is 2.25. The van der Waals surface area contributed by atoms with Gasteiger partial charge < -0.3 is 11.1 Å². The molecule has 1 heterocycles. The number of carbonyl (C=O) groups excluding carboxylic acids is 2. The van der Waals surface area contributed by atoms with Crippen LogP contribution in [-0.2, 0) is 4.79 Å². The zero-order valence-corrected chi connectivity index (χ0v) is 15.5. The first-order valence-corrected chi connectivity index (χ1v) is 8.92. The summed E-state index contributed by atoms with van der Waals surface area (Å²) in [5.74, 6) is 0.425. The smallest absolute Gasteiger partial charge is 0.220 e. The molecule has 0 saturated heterocycles. The number of nitrogens with one attached hydrogen (secondary N) is 1. The summed E-state index contributed by atoms with van der Waals surface area (Å²) in [6, 6.07) is 2.11. The highest BCUT2D eigenvalue weighted by molar-refractivity contribution is 7.12. The Morgan fingerprint density at radius 2 is 1.96 bits per heavy atom. The van der Waals surface area contributed by atoms with Crippen LogP contribution >= 0.6 is 23.7 Å². The van der Waals surface area contributed by atoms with Crippen LogP contribution in [0.1, 0.15) is 58.6 Å². The Kier molecular flexibility index (Phi) is 8.23. The molecule has 0 aromatic carbocycles. The number of rotatable bonds is 6. The van der Waals surface area contributed by atoms with E-state index < -0.39 is 0 Å². The number of Topliss-reactive ketones (excluding diaryl/α,β-unsaturated/α-hetero) is 1. The second-order valence-electron chi connectivity index (χ2n) is 6.20. The molecule has 3 N–H and O–H groups in total. The van der Waals surface area contributed by atoms with Crippen molar-refractivity contribution in [2.75, 3.05) is 6.54 Å². The highest BCUT2D eigenvalue weighted by atomic mass is 35.5. The molecule has 2 rings (SSSR count). The average molecular weight is 359 g/mol. The summed E-state index contributed by atoms with van der Waals surface area (Å²) in [4.78, 5) is 26.5. The predicted octanol–water partition coefficient (Wildman–Crippen LogP) is 3.38. The van der Waals surface area contributed by atoms with Gasteiger partial charge in [-0.2, -0.15) is 0 Å². The van der Waals surface area contributed by atoms with Crippen LogP contribution in [0.25, 0.3) is 0 Å². The number of ketones is 1. The lowest BCUT2D eigenvalue weighted by atomic mass is 9.84. The topological polar surface area (TPSA) is 72.2 Å². The fourth-order valence-electron chi connectivity index (χ4n) is 3.23. The molecule has 1 fully saturated rings. The van der Waals surface area contributed by atoms with Crippen LogP contribution in [-0.4, -0.2) is 24.3 Å². The van der Waals surface area contributed by atoms with Crippen molar-refractivity contribution in [2.24, 2.45) is 11.7 Å². The first-order chi connectivity index (χ1) is 10.5. The van der Waals surface area contributed by atoms with Crippen molar-refractivity contribution in [3.63, 3.8) is 0 Å². The number of carbonyl (C=O) groups is 2. The molecule has 1 amide bonds. The number of nitrogens with two attached hydrogens (primary N) is 1. The van der Waals surface area contributed by atoms with Gasteiger partial charge in [-0.1, -0.05) is 12.8 Å². The van der Waals surface area contributed by atoms with E-state index in [0.29, 0.717) is 12.5 Å². The van der Waals surface area contributed by atoms with Crippen LogP contribution in [0.15, 0.2) is 6.07 Å². The normalized spacial score (nSPS) is 20.7. The fraction of sp³-hybridized carbons (Fsp3) is 0.647. The lowest BCUT2D eigenvalue weighted by Gasteiger charge is -2.31. The summed E-state index contributed by atoms with van der Waals surface area (Å²) >= 11 is 1.63. The van der Waals surface area contributed by atoms with E-state index in [1.54, 1.807) is 11.3 Å². The highest BCUT2D eigenvalue weighted by Crippen LogP contribution is 2.24. The number of amides is 1. The largest absolute Gasteiger partial charge is 0.353 e. The van der Waals surface area contributed by atoms with Gasteiger partial charge in [-0.05, 0) is 45.2 Å². The van der Waals surface area contributed by atoms with Crippen molar-refractivity contribution in [2.45, 2.75) is 58.4 Å². The number of halogens is 1. The van der Waals surface area contributed by atoms with Crippen LogP contribution in [0.3, 0.4) is 0 Å². The van der Waals surface area contributed by atoms with Crippen LogP contribution in [0.2, 0.25) is 0 Å². The van der Waals surface area contributed by atoms with Gasteiger partial charge in [-0.25, -0.2) is 0 Å². The average Bonchev–Trinajstić information content (AvgIpc) is 2.84. The number of aryl methyl sites for hydroxylation is 2. The van der Waals surface area contributed by atoms with Gasteiger partial charge >= 0.3 is 0 Å². The molecule has 1 saturated carbocycles. The molecule has 0 aliphatic heterocycles. The first-order valence-electron chi connectivity index (χ1n) is 8.11. The van der Waals surface area contributed by atoms with E-state index in [0.717, 1.165) is 34.6 Å². The Bertz CT molecular complexity index is 545. The summed E-state index contributed by atoms with van der Waals surface area (Å²) in [7, 11) is 0. The second-order valence-corrected chi connectivity index (χ2v) is 7.66. The molecule has 4 nitrogen and oxygen atoms in total. The fourth-order valence-corrected chi connectivity index (χ4v) is 4.17. The van der Waals surface area contributed by atoms with E-state index >= 15 is 0 Å². The van der Waals surface area contributed by atoms with Crippen molar-refractivity contribution in [3.05, 3.63) is 21.4 Å². The van der Waals surface area contributed by atoms with Crippen LogP contribution < -0.4 is 11.1 Å². The zero-order chi connectivity index (χ0) is 16.1. The van der Waals surface area contributed by atoms with E-state index in [4.69, 9.17) is 5.73 Å². The molecule has 23 heavy (non-hydrogen) atoms. The molecular formula is C17H27ClN2O2S. The van der Waals surface area contributed by atoms with Gasteiger partial charge in [-0.3, -0.25) is 9.59 Å². The zero-order valence-electron chi connectivity index (χ0n) is 13.9. The maximum absolute atomic E-state index is 12.2. The molecule has 1 aliphatic carbocycles. The summed E-state index contributed by atoms with van der Waals surface area (Å²) in [5.41, 5.74) is 6.55. The maximum Gasteiger partial charge on any atom is 0.220 e. The lowest BCUT2D eigenvalue weighted by Crippen LogP contribution is -2.44. The van der Waals surface area contributed by atoms with Crippen molar-refractivity contribution < 1.29 is 9.59 Å². The molecule has 130 valence electrons. The van der Waals surface area contributed by atoms with Gasteiger partial charge in [0.05, 0.1) is 0 Å². The third kappa shape index (κ3) is 5.59. The van der Waals surface area contributed by atoms with E-state index in [2.05, 4.69) is 5.32 Å². The Labute approximate surface area is 148 Å². The minimum atomic E-state index is -0.0247. The van der Waals surface area contributed by atoms with E-state index in [1.807, 2.05) is 19.9 Å². The minimum absolute atomic E-state index is 0. The first kappa shape index (κ1) is 20.1. The molecule has 2 unspecified atom stereocenters. The van der Waals surface area contributed by atoms with Crippen LogP contribution in [0, 0.1) is 19.8 Å². The second kappa shape index (κ2) is 9.40. The van der Waals surface area contributed by atoms with E-state index in [-0.39, 0.29) is 43.0 Å². The van der Waals surface area contributed by atoms with Crippen molar-refractivity contribution in [1.29, 1.82) is 0 Å². The molecule has 0 radical (unpaired) electrons. The standard InChI is InChI=1S/C17H26N2O2S.ClH/c1-11-9-14(12(2)22-11)16(20)7-8-17(21)19-15-6-4-3-5-13(15)10-18;/h9,13,15H,3-8,10,18H2,1-2H3,(H,19,21);1H. The van der Waals surface area contributed by atoms with Gasteiger partial charge in [0.1, 0.15) is 0 Å². The van der Waals surface area contributed by atoms with Crippen molar-refractivity contribution >= 4 is 35.4 Å². The maximum atomic E-state index is 12.2. The Morgan fingerprint density at radius 3 is 2.57 bits per heavy atom. The Hall–Kier alpha value is -0.910. The minimum Gasteiger partial charge on any atom is -0.353 e. The SMILES string of the molecule is Cc1cc(C(=O)CCC(=O)NC2CCCCC2CN)c(C)s1.Cl. The van der Waals surface area contributed by atoms with Gasteiger partial charge in [0.15, 0.2) is 5.78 Å². The van der Waals surface area contributed by atoms with Crippen LogP contribution in [0.5, 0.6) is 0 Å². The van der Waals surface area contributed by atoms with Crippen molar-refractivity contribution in [1.82, 2.24) is 5.32 Å². The van der Waals surface area contributed by atoms with Crippen LogP contribution in [0.4, 0.5) is 0 Å². The van der Waals surface area contributed by atoms with E-state index in [9.17, 15) is 9.59 Å². The van der Waals surface area contributed by atoms with Gasteiger partial charge in [0.2, 0.25) is 5.91 Å². The number of hydrogen-bond acceptors (Lipinski definition) is 4. The molecule has 6 heteroatoms. The monoisotopic (exact) mass is 358 g/mol. The Balaban J connectivity index is 0.00000264. The Morgan fingerprint density at radius 1 is 1.26 bits per heavy atom. The summed E-state index contributed by atoms with van der Waals surface area (Å²) in [6.45, 7) is 4.58. The van der Waals surface area contributed by atoms with E-state index in [1.165, 1.54) is 6.42 Å². The molecule has 0 bridgehead atoms. The van der Waals surface area contributed by atoms with Gasteiger partial charge in [0, 0.05) is 34.2 Å². The third-order valence-corrected chi connectivity index (χ3v) is 5.44. The summed E-state index contributed by atoms with van der Waals surface area (Å²) in [6.07, 6.45) is 4.99. The van der Waals surface area contributed by atoms with Crippen molar-refractivity contribution in [3.8, 4) is 0 Å².